The molecular weight excluding hydrogens is 254 g/mol. The summed E-state index contributed by atoms with van der Waals surface area (Å²) in [6.45, 7) is 3.97. The Morgan fingerprint density at radius 2 is 2.25 bits per heavy atom. The van der Waals surface area contributed by atoms with Gasteiger partial charge in [0.25, 0.3) is 0 Å². The van der Waals surface area contributed by atoms with E-state index < -0.39 is 0 Å². The van der Waals surface area contributed by atoms with Gasteiger partial charge in [0.05, 0.1) is 19.7 Å². The first-order valence-electron chi connectivity index (χ1n) is 7.02. The molecule has 1 saturated heterocycles. The molecule has 5 heteroatoms. The molecule has 1 aromatic carbocycles. The number of benzene rings is 1. The Hall–Kier alpha value is -1.59. The van der Waals surface area contributed by atoms with Crippen molar-refractivity contribution >= 4 is 5.91 Å². The van der Waals surface area contributed by atoms with Crippen LogP contribution in [0, 0.1) is 0 Å². The Morgan fingerprint density at radius 1 is 1.45 bits per heavy atom. The molecule has 1 aliphatic heterocycles. The van der Waals surface area contributed by atoms with Crippen molar-refractivity contribution in [1.82, 2.24) is 10.2 Å². The molecule has 0 radical (unpaired) electrons. The van der Waals surface area contributed by atoms with Gasteiger partial charge in [0.2, 0.25) is 5.91 Å². The van der Waals surface area contributed by atoms with Crippen LogP contribution in [0.4, 0.5) is 0 Å². The fourth-order valence-electron chi connectivity index (χ4n) is 2.74. The number of nitrogens with two attached hydrogens (primary N) is 1. The molecule has 5 nitrogen and oxygen atoms in total. The monoisotopic (exact) mass is 277 g/mol. The lowest BCUT2D eigenvalue weighted by molar-refractivity contribution is -0.122. The van der Waals surface area contributed by atoms with E-state index in [9.17, 15) is 4.79 Å². The minimum absolute atomic E-state index is 0.0222. The molecule has 1 aliphatic rings. The number of carbonyl (C=O) groups excluding carboxylic acids is 1. The van der Waals surface area contributed by atoms with E-state index in [1.165, 1.54) is 0 Å². The first-order chi connectivity index (χ1) is 9.61. The van der Waals surface area contributed by atoms with Gasteiger partial charge in [-0.2, -0.15) is 0 Å². The van der Waals surface area contributed by atoms with E-state index in [0.717, 1.165) is 30.8 Å². The summed E-state index contributed by atoms with van der Waals surface area (Å²) in [6, 6.07) is 7.87. The summed E-state index contributed by atoms with van der Waals surface area (Å²) < 4.78 is 5.28. The molecule has 2 unspecified atom stereocenters. The third-order valence-electron chi connectivity index (χ3n) is 3.62. The molecule has 1 amide bonds. The Labute approximate surface area is 120 Å². The molecule has 1 heterocycles. The van der Waals surface area contributed by atoms with Crippen molar-refractivity contribution in [3.05, 3.63) is 29.8 Å². The smallest absolute Gasteiger partial charge is 0.234 e. The van der Waals surface area contributed by atoms with Gasteiger partial charge in [0.15, 0.2) is 0 Å². The number of ether oxygens (including phenoxy) is 1. The molecule has 0 saturated carbocycles. The molecule has 0 bridgehead atoms. The highest BCUT2D eigenvalue weighted by molar-refractivity contribution is 5.78. The van der Waals surface area contributed by atoms with Crippen LogP contribution in [0.5, 0.6) is 5.75 Å². The number of rotatable bonds is 4. The summed E-state index contributed by atoms with van der Waals surface area (Å²) in [7, 11) is 1.65. The molecule has 3 N–H and O–H groups in total. The summed E-state index contributed by atoms with van der Waals surface area (Å²) in [5.41, 5.74) is 7.27. The number of hydrogen-bond acceptors (Lipinski definition) is 4. The summed E-state index contributed by atoms with van der Waals surface area (Å²) in [5.74, 6) is 0.878. The number of methoxy groups -OCH3 is 1. The lowest BCUT2D eigenvalue weighted by Crippen LogP contribution is -2.42. The van der Waals surface area contributed by atoms with E-state index >= 15 is 0 Å². The van der Waals surface area contributed by atoms with E-state index in [4.69, 9.17) is 10.5 Å². The first kappa shape index (κ1) is 14.8. The van der Waals surface area contributed by atoms with Crippen molar-refractivity contribution in [3.63, 3.8) is 0 Å². The standard InChI is InChI=1S/C15H23N3O2/c1-11(16)15(12-5-3-6-13(9-12)20-2)18-8-4-7-17-14(19)10-18/h3,5-6,9,11,15H,4,7-8,10,16H2,1-2H3,(H,17,19). The average molecular weight is 277 g/mol. The first-order valence-corrected chi connectivity index (χ1v) is 7.02. The van der Waals surface area contributed by atoms with Gasteiger partial charge < -0.3 is 15.8 Å². The molecule has 20 heavy (non-hydrogen) atoms. The zero-order valence-electron chi connectivity index (χ0n) is 12.1. The second kappa shape index (κ2) is 6.72. The highest BCUT2D eigenvalue weighted by Crippen LogP contribution is 2.27. The van der Waals surface area contributed by atoms with E-state index in [-0.39, 0.29) is 18.0 Å². The van der Waals surface area contributed by atoms with Crippen molar-refractivity contribution in [3.8, 4) is 5.75 Å². The summed E-state index contributed by atoms with van der Waals surface area (Å²) in [5, 5.41) is 2.90. The Balaban J connectivity index is 2.27. The maximum Gasteiger partial charge on any atom is 0.234 e. The fourth-order valence-corrected chi connectivity index (χ4v) is 2.74. The van der Waals surface area contributed by atoms with Crippen LogP contribution in [0.3, 0.4) is 0 Å². The summed E-state index contributed by atoms with van der Waals surface area (Å²) in [6.07, 6.45) is 0.943. The number of amides is 1. The van der Waals surface area contributed by atoms with Crippen molar-refractivity contribution in [2.75, 3.05) is 26.7 Å². The fraction of sp³-hybridized carbons (Fsp3) is 0.533. The zero-order chi connectivity index (χ0) is 14.5. The number of nitrogens with zero attached hydrogens (tertiary/aromatic N) is 1. The van der Waals surface area contributed by atoms with Crippen LogP contribution in [-0.2, 0) is 4.79 Å². The summed E-state index contributed by atoms with van der Waals surface area (Å²) in [4.78, 5) is 13.9. The lowest BCUT2D eigenvalue weighted by atomic mass is 9.98. The zero-order valence-corrected chi connectivity index (χ0v) is 12.1. The van der Waals surface area contributed by atoms with Crippen molar-refractivity contribution in [2.24, 2.45) is 5.73 Å². The predicted molar refractivity (Wildman–Crippen MR) is 78.6 cm³/mol. The van der Waals surface area contributed by atoms with Gasteiger partial charge in [-0.3, -0.25) is 9.69 Å². The van der Waals surface area contributed by atoms with Gasteiger partial charge in [-0.05, 0) is 31.0 Å². The molecule has 0 spiro atoms. The van der Waals surface area contributed by atoms with Crippen LogP contribution in [0.2, 0.25) is 0 Å². The number of carbonyl (C=O) groups is 1. The molecule has 2 atom stereocenters. The normalized spacial score (nSPS) is 19.9. The van der Waals surface area contributed by atoms with Crippen LogP contribution in [0.15, 0.2) is 24.3 Å². The quantitative estimate of drug-likeness (QED) is 0.858. The molecular formula is C15H23N3O2. The topological polar surface area (TPSA) is 67.6 Å². The molecule has 2 rings (SSSR count). The minimum Gasteiger partial charge on any atom is -0.497 e. The highest BCUT2D eigenvalue weighted by atomic mass is 16.5. The Kier molecular flexibility index (Phi) is 4.98. The Bertz CT molecular complexity index is 462. The molecule has 1 aromatic rings. The average Bonchev–Trinajstić information content (AvgIpc) is 2.63. The molecule has 1 fully saturated rings. The van der Waals surface area contributed by atoms with E-state index in [1.54, 1.807) is 7.11 Å². The summed E-state index contributed by atoms with van der Waals surface area (Å²) >= 11 is 0. The van der Waals surface area contributed by atoms with Gasteiger partial charge in [0, 0.05) is 19.1 Å². The van der Waals surface area contributed by atoms with E-state index in [2.05, 4.69) is 10.2 Å². The maximum absolute atomic E-state index is 11.8. The van der Waals surface area contributed by atoms with Crippen LogP contribution in [0.1, 0.15) is 24.9 Å². The van der Waals surface area contributed by atoms with E-state index in [0.29, 0.717) is 6.54 Å². The third-order valence-corrected chi connectivity index (χ3v) is 3.62. The van der Waals surface area contributed by atoms with Gasteiger partial charge in [-0.1, -0.05) is 12.1 Å². The maximum atomic E-state index is 11.8. The van der Waals surface area contributed by atoms with Gasteiger partial charge in [-0.25, -0.2) is 0 Å². The van der Waals surface area contributed by atoms with Crippen LogP contribution in [-0.4, -0.2) is 43.6 Å². The Morgan fingerprint density at radius 3 is 2.95 bits per heavy atom. The largest absolute Gasteiger partial charge is 0.497 e. The van der Waals surface area contributed by atoms with E-state index in [1.807, 2.05) is 31.2 Å². The second-order valence-corrected chi connectivity index (χ2v) is 5.25. The molecule has 0 aromatic heterocycles. The van der Waals surface area contributed by atoms with Crippen molar-refractivity contribution in [2.45, 2.75) is 25.4 Å². The van der Waals surface area contributed by atoms with Crippen LogP contribution in [0.25, 0.3) is 0 Å². The van der Waals surface area contributed by atoms with Crippen LogP contribution < -0.4 is 15.8 Å². The van der Waals surface area contributed by atoms with Gasteiger partial charge >= 0.3 is 0 Å². The van der Waals surface area contributed by atoms with Crippen LogP contribution >= 0.6 is 0 Å². The number of nitrogens with one attached hydrogen (secondary N) is 1. The van der Waals surface area contributed by atoms with Gasteiger partial charge in [-0.15, -0.1) is 0 Å². The van der Waals surface area contributed by atoms with Crippen molar-refractivity contribution in [1.29, 1.82) is 0 Å². The molecule has 0 aliphatic carbocycles. The SMILES string of the molecule is COc1cccc(C(C(C)N)N2CCCNC(=O)C2)c1. The lowest BCUT2D eigenvalue weighted by Gasteiger charge is -2.33. The third kappa shape index (κ3) is 3.49. The minimum atomic E-state index is -0.0620. The van der Waals surface area contributed by atoms with Crippen molar-refractivity contribution < 1.29 is 9.53 Å². The second-order valence-electron chi connectivity index (χ2n) is 5.25. The number of hydrogen-bond donors (Lipinski definition) is 2. The predicted octanol–water partition coefficient (Wildman–Crippen LogP) is 0.905. The highest BCUT2D eigenvalue weighted by Gasteiger charge is 2.27. The van der Waals surface area contributed by atoms with Gasteiger partial charge in [0.1, 0.15) is 5.75 Å². The molecule has 110 valence electrons.